The number of amides is 1. The zero-order chi connectivity index (χ0) is 26.9. The molecule has 0 fully saturated rings. The highest BCUT2D eigenvalue weighted by Gasteiger charge is 2.37. The van der Waals surface area contributed by atoms with Crippen molar-refractivity contribution < 1.29 is 31.9 Å². The van der Waals surface area contributed by atoms with E-state index in [2.05, 4.69) is 5.32 Å². The van der Waals surface area contributed by atoms with Gasteiger partial charge in [-0.3, -0.25) is 9.10 Å². The molecule has 8 nitrogen and oxygen atoms in total. The van der Waals surface area contributed by atoms with Crippen molar-refractivity contribution in [1.82, 2.24) is 0 Å². The number of benzene rings is 3. The number of ether oxygens (including phenoxy) is 2. The Balaban J connectivity index is 1.68. The summed E-state index contributed by atoms with van der Waals surface area (Å²) in [5.41, 5.74) is 0.638. The average molecular weight is 547 g/mol. The number of nitrogens with one attached hydrogen (secondary N) is 1. The van der Waals surface area contributed by atoms with Crippen LogP contribution in [0, 0.1) is 5.82 Å². The minimum Gasteiger partial charge on any atom is -0.495 e. The van der Waals surface area contributed by atoms with Gasteiger partial charge >= 0.3 is 5.97 Å². The van der Waals surface area contributed by atoms with Gasteiger partial charge in [0, 0.05) is 23.0 Å². The molecule has 3 aromatic carbocycles. The number of halogens is 2. The number of carbonyl (C=O) groups is 2. The van der Waals surface area contributed by atoms with Crippen LogP contribution in [0.15, 0.2) is 59.5 Å². The Labute approximate surface area is 219 Å². The summed E-state index contributed by atoms with van der Waals surface area (Å²) in [6.07, 6.45) is 0. The van der Waals surface area contributed by atoms with E-state index in [-0.39, 0.29) is 51.6 Å². The van der Waals surface area contributed by atoms with Gasteiger partial charge in [-0.1, -0.05) is 30.7 Å². The van der Waals surface area contributed by atoms with Gasteiger partial charge in [-0.15, -0.1) is 0 Å². The number of esters is 1. The molecule has 1 atom stereocenters. The molecule has 3 aromatic rings. The summed E-state index contributed by atoms with van der Waals surface area (Å²) in [5.74, 6) is -2.47. The van der Waals surface area contributed by atoms with E-state index < -0.39 is 27.7 Å². The molecule has 11 heteroatoms. The second-order valence-corrected chi connectivity index (χ2v) is 10.6. The Morgan fingerprint density at radius 3 is 2.62 bits per heavy atom. The molecule has 194 valence electrons. The normalized spacial score (nSPS) is 14.7. The van der Waals surface area contributed by atoms with E-state index in [4.69, 9.17) is 21.1 Å². The Morgan fingerprint density at radius 1 is 1.16 bits per heavy atom. The first-order valence-electron chi connectivity index (χ1n) is 11.4. The van der Waals surface area contributed by atoms with Crippen LogP contribution in [0.2, 0.25) is 5.02 Å². The van der Waals surface area contributed by atoms with Crippen molar-refractivity contribution in [3.8, 4) is 5.75 Å². The van der Waals surface area contributed by atoms with Gasteiger partial charge in [-0.2, -0.15) is 0 Å². The number of nitrogens with zero attached hydrogens (tertiary/aromatic N) is 1. The fourth-order valence-corrected chi connectivity index (χ4v) is 6.14. The SMILES string of the molecule is CCOC(=O)c1cccc(NC(=O)c2ccc3c(c2)N(S(=O)(=O)c2cc(Cl)ccc2OC)CC3C)c1F. The lowest BCUT2D eigenvalue weighted by Gasteiger charge is -2.22. The fourth-order valence-electron chi connectivity index (χ4n) is 4.15. The zero-order valence-electron chi connectivity index (χ0n) is 20.2. The molecule has 1 N–H and O–H groups in total. The first-order valence-corrected chi connectivity index (χ1v) is 13.2. The largest absolute Gasteiger partial charge is 0.495 e. The third-order valence-corrected chi connectivity index (χ3v) is 8.00. The van der Waals surface area contributed by atoms with Crippen LogP contribution in [-0.4, -0.2) is 40.6 Å². The quantitative estimate of drug-likeness (QED) is 0.407. The van der Waals surface area contributed by atoms with Crippen molar-refractivity contribution >= 4 is 44.9 Å². The van der Waals surface area contributed by atoms with Crippen LogP contribution in [0.25, 0.3) is 0 Å². The number of rotatable bonds is 7. The van der Waals surface area contributed by atoms with E-state index in [1.54, 1.807) is 13.0 Å². The van der Waals surface area contributed by atoms with Crippen LogP contribution in [-0.2, 0) is 14.8 Å². The molecular formula is C26H24ClFN2O6S. The van der Waals surface area contributed by atoms with Gasteiger partial charge in [-0.25, -0.2) is 17.6 Å². The maximum atomic E-state index is 14.9. The maximum Gasteiger partial charge on any atom is 0.341 e. The van der Waals surface area contributed by atoms with Crippen LogP contribution < -0.4 is 14.4 Å². The first-order chi connectivity index (χ1) is 17.6. The van der Waals surface area contributed by atoms with E-state index in [9.17, 15) is 22.4 Å². The van der Waals surface area contributed by atoms with Gasteiger partial charge in [-0.05, 0) is 55.0 Å². The molecule has 0 aliphatic carbocycles. The Morgan fingerprint density at radius 2 is 1.92 bits per heavy atom. The second kappa shape index (κ2) is 10.4. The second-order valence-electron chi connectivity index (χ2n) is 8.35. The number of hydrogen-bond acceptors (Lipinski definition) is 6. The number of fused-ring (bicyclic) bond motifs is 1. The molecule has 1 aliphatic rings. The highest BCUT2D eigenvalue weighted by molar-refractivity contribution is 7.93. The fraction of sp³-hybridized carbons (Fsp3) is 0.231. The van der Waals surface area contributed by atoms with Gasteiger partial charge in [0.05, 0.1) is 30.7 Å². The lowest BCUT2D eigenvalue weighted by Crippen LogP contribution is -2.30. The van der Waals surface area contributed by atoms with E-state index in [1.165, 1.54) is 59.9 Å². The smallest absolute Gasteiger partial charge is 0.341 e. The molecule has 0 saturated carbocycles. The van der Waals surface area contributed by atoms with E-state index in [1.807, 2.05) is 6.92 Å². The summed E-state index contributed by atoms with van der Waals surface area (Å²) < 4.78 is 53.5. The van der Waals surface area contributed by atoms with Gasteiger partial charge in [0.2, 0.25) is 0 Å². The molecule has 0 bridgehead atoms. The third kappa shape index (κ3) is 4.99. The van der Waals surface area contributed by atoms with Crippen molar-refractivity contribution in [3.63, 3.8) is 0 Å². The Bertz CT molecular complexity index is 1490. The summed E-state index contributed by atoms with van der Waals surface area (Å²) in [4.78, 5) is 24.9. The number of anilines is 2. The molecule has 37 heavy (non-hydrogen) atoms. The topological polar surface area (TPSA) is 102 Å². The number of sulfonamides is 1. The van der Waals surface area contributed by atoms with Crippen molar-refractivity contribution in [1.29, 1.82) is 0 Å². The first kappa shape index (κ1) is 26.4. The molecule has 1 heterocycles. The van der Waals surface area contributed by atoms with E-state index in [0.717, 1.165) is 5.56 Å². The summed E-state index contributed by atoms with van der Waals surface area (Å²) in [6, 6.07) is 12.9. The van der Waals surface area contributed by atoms with Crippen molar-refractivity contribution in [3.05, 3.63) is 82.1 Å². The van der Waals surface area contributed by atoms with Gasteiger partial charge in [0.1, 0.15) is 10.6 Å². The maximum absolute atomic E-state index is 14.9. The molecule has 0 spiro atoms. The highest BCUT2D eigenvalue weighted by Crippen LogP contribution is 2.42. The Kier molecular flexibility index (Phi) is 7.42. The lowest BCUT2D eigenvalue weighted by molar-refractivity contribution is 0.0521. The average Bonchev–Trinajstić information content (AvgIpc) is 3.22. The van der Waals surface area contributed by atoms with Crippen molar-refractivity contribution in [2.24, 2.45) is 0 Å². The summed E-state index contributed by atoms with van der Waals surface area (Å²) in [5, 5.41) is 2.68. The minimum absolute atomic E-state index is 0.0723. The van der Waals surface area contributed by atoms with Crippen LogP contribution in [0.3, 0.4) is 0 Å². The summed E-state index contributed by atoms with van der Waals surface area (Å²) in [6.45, 7) is 3.69. The Hall–Kier alpha value is -3.63. The van der Waals surface area contributed by atoms with Crippen molar-refractivity contribution in [2.45, 2.75) is 24.7 Å². The molecule has 0 aromatic heterocycles. The zero-order valence-corrected chi connectivity index (χ0v) is 21.8. The monoisotopic (exact) mass is 546 g/mol. The van der Waals surface area contributed by atoms with Gasteiger partial charge < -0.3 is 14.8 Å². The van der Waals surface area contributed by atoms with E-state index >= 15 is 0 Å². The standard InChI is InChI=1S/C26H24ClFN2O6S/c1-4-36-26(32)19-6-5-7-20(24(19)28)29-25(31)16-8-10-18-15(2)14-30(21(18)12-16)37(33,34)23-13-17(27)9-11-22(23)35-3/h5-13,15H,4,14H2,1-3H3,(H,29,31). The number of carbonyl (C=O) groups excluding carboxylic acids is 2. The molecule has 0 saturated heterocycles. The summed E-state index contributed by atoms with van der Waals surface area (Å²) in [7, 11) is -2.74. The number of hydrogen-bond donors (Lipinski definition) is 1. The molecule has 1 aliphatic heterocycles. The molecule has 1 amide bonds. The lowest BCUT2D eigenvalue weighted by atomic mass is 10.0. The molecule has 0 radical (unpaired) electrons. The van der Waals surface area contributed by atoms with E-state index in [0.29, 0.717) is 5.69 Å². The molecular weight excluding hydrogens is 523 g/mol. The highest BCUT2D eigenvalue weighted by atomic mass is 35.5. The van der Waals surface area contributed by atoms with Crippen LogP contribution in [0.1, 0.15) is 46.0 Å². The molecule has 4 rings (SSSR count). The minimum atomic E-state index is -4.10. The van der Waals surface area contributed by atoms with Crippen LogP contribution in [0.4, 0.5) is 15.8 Å². The third-order valence-electron chi connectivity index (χ3n) is 5.97. The van der Waals surface area contributed by atoms with Gasteiger partial charge in [0.15, 0.2) is 5.82 Å². The summed E-state index contributed by atoms with van der Waals surface area (Å²) >= 11 is 6.07. The van der Waals surface area contributed by atoms with Crippen molar-refractivity contribution in [2.75, 3.05) is 29.9 Å². The predicted octanol–water partition coefficient (Wildman–Crippen LogP) is 5.23. The van der Waals surface area contributed by atoms with Gasteiger partial charge in [0.25, 0.3) is 15.9 Å². The predicted molar refractivity (Wildman–Crippen MR) is 138 cm³/mol. The van der Waals surface area contributed by atoms with Crippen LogP contribution in [0.5, 0.6) is 5.75 Å². The number of methoxy groups -OCH3 is 1. The molecule has 1 unspecified atom stereocenters. The van der Waals surface area contributed by atoms with Crippen LogP contribution >= 0.6 is 11.6 Å².